The summed E-state index contributed by atoms with van der Waals surface area (Å²) in [6.07, 6.45) is 2.50. The Morgan fingerprint density at radius 3 is 2.65 bits per heavy atom. The molecule has 0 aromatic heterocycles. The minimum atomic E-state index is -2.40. The third-order valence-corrected chi connectivity index (χ3v) is 5.01. The van der Waals surface area contributed by atoms with Gasteiger partial charge in [-0.1, -0.05) is 28.1 Å². The summed E-state index contributed by atoms with van der Waals surface area (Å²) in [4.78, 5) is 0. The van der Waals surface area contributed by atoms with Crippen molar-refractivity contribution in [2.45, 2.75) is 51.5 Å². The minimum Gasteiger partial charge on any atom is -0.313 e. The van der Waals surface area contributed by atoms with Crippen molar-refractivity contribution < 1.29 is 8.78 Å². The lowest BCUT2D eigenvalue weighted by Gasteiger charge is -2.28. The molecule has 1 aromatic carbocycles. The second-order valence-electron chi connectivity index (χ2n) is 5.85. The molecule has 1 aliphatic carbocycles. The standard InChI is InChI=1S/C16H22BrF2N/c1-12-10-14(2-3-15(12)17)11-20-9-6-13-4-7-16(18,19)8-5-13/h2-3,10,13,20H,4-9,11H2,1H3. The Morgan fingerprint density at radius 2 is 2.00 bits per heavy atom. The van der Waals surface area contributed by atoms with Crippen LogP contribution in [0, 0.1) is 12.8 Å². The number of aryl methyl sites for hydroxylation is 1. The van der Waals surface area contributed by atoms with E-state index in [0.29, 0.717) is 18.8 Å². The van der Waals surface area contributed by atoms with Gasteiger partial charge in [-0.15, -0.1) is 0 Å². The van der Waals surface area contributed by atoms with Gasteiger partial charge in [-0.25, -0.2) is 8.78 Å². The molecule has 0 amide bonds. The molecule has 1 saturated carbocycles. The lowest BCUT2D eigenvalue weighted by Crippen LogP contribution is -2.26. The minimum absolute atomic E-state index is 0.0730. The monoisotopic (exact) mass is 345 g/mol. The van der Waals surface area contributed by atoms with E-state index in [0.717, 1.165) is 24.0 Å². The summed E-state index contributed by atoms with van der Waals surface area (Å²) < 4.78 is 27.2. The van der Waals surface area contributed by atoms with Gasteiger partial charge in [-0.3, -0.25) is 0 Å². The van der Waals surface area contributed by atoms with Crippen LogP contribution in [0.1, 0.15) is 43.2 Å². The van der Waals surface area contributed by atoms with Crippen molar-refractivity contribution in [3.8, 4) is 0 Å². The molecule has 1 aromatic rings. The number of benzene rings is 1. The highest BCUT2D eigenvalue weighted by Crippen LogP contribution is 2.37. The SMILES string of the molecule is Cc1cc(CNCCC2CCC(F)(F)CC2)ccc1Br. The van der Waals surface area contributed by atoms with Crippen molar-refractivity contribution in [2.75, 3.05) is 6.54 Å². The van der Waals surface area contributed by atoms with Gasteiger partial charge in [0.15, 0.2) is 0 Å². The number of rotatable bonds is 5. The first-order valence-electron chi connectivity index (χ1n) is 7.30. The average molecular weight is 346 g/mol. The zero-order valence-corrected chi connectivity index (χ0v) is 13.5. The molecular weight excluding hydrogens is 324 g/mol. The maximum atomic E-state index is 13.0. The van der Waals surface area contributed by atoms with E-state index in [-0.39, 0.29) is 12.8 Å². The second-order valence-corrected chi connectivity index (χ2v) is 6.70. The van der Waals surface area contributed by atoms with Gasteiger partial charge in [-0.2, -0.15) is 0 Å². The molecule has 0 bridgehead atoms. The first-order chi connectivity index (χ1) is 9.46. The lowest BCUT2D eigenvalue weighted by molar-refractivity contribution is -0.0464. The Balaban J connectivity index is 1.65. The molecular formula is C16H22BrF2N. The van der Waals surface area contributed by atoms with E-state index in [9.17, 15) is 8.78 Å². The first-order valence-corrected chi connectivity index (χ1v) is 8.09. The van der Waals surface area contributed by atoms with Gasteiger partial charge in [0.2, 0.25) is 5.92 Å². The molecule has 2 rings (SSSR count). The fourth-order valence-corrected chi connectivity index (χ4v) is 2.99. The largest absolute Gasteiger partial charge is 0.313 e. The van der Waals surface area contributed by atoms with Crippen LogP contribution < -0.4 is 5.32 Å². The molecule has 1 N–H and O–H groups in total. The molecule has 0 aliphatic heterocycles. The molecule has 0 heterocycles. The van der Waals surface area contributed by atoms with E-state index < -0.39 is 5.92 Å². The third-order valence-electron chi connectivity index (χ3n) is 4.12. The number of hydrogen-bond acceptors (Lipinski definition) is 1. The molecule has 1 nitrogen and oxygen atoms in total. The van der Waals surface area contributed by atoms with Crippen LogP contribution in [0.25, 0.3) is 0 Å². The van der Waals surface area contributed by atoms with Crippen LogP contribution in [0.4, 0.5) is 8.78 Å². The Labute approximate surface area is 128 Å². The predicted molar refractivity (Wildman–Crippen MR) is 82.1 cm³/mol. The van der Waals surface area contributed by atoms with E-state index in [1.54, 1.807) is 0 Å². The summed E-state index contributed by atoms with van der Waals surface area (Å²) in [7, 11) is 0. The quantitative estimate of drug-likeness (QED) is 0.735. The molecule has 20 heavy (non-hydrogen) atoms. The van der Waals surface area contributed by atoms with Gasteiger partial charge in [0, 0.05) is 23.9 Å². The molecule has 0 spiro atoms. The molecule has 0 unspecified atom stereocenters. The van der Waals surface area contributed by atoms with Gasteiger partial charge >= 0.3 is 0 Å². The zero-order chi connectivity index (χ0) is 14.6. The van der Waals surface area contributed by atoms with Crippen molar-refractivity contribution in [3.63, 3.8) is 0 Å². The van der Waals surface area contributed by atoms with Crippen LogP contribution in [0.5, 0.6) is 0 Å². The van der Waals surface area contributed by atoms with Crippen LogP contribution in [-0.2, 0) is 6.54 Å². The summed E-state index contributed by atoms with van der Waals surface area (Å²) in [5.74, 6) is -1.94. The average Bonchev–Trinajstić information content (AvgIpc) is 2.40. The van der Waals surface area contributed by atoms with Crippen LogP contribution in [-0.4, -0.2) is 12.5 Å². The van der Waals surface area contributed by atoms with Crippen molar-refractivity contribution >= 4 is 15.9 Å². The zero-order valence-electron chi connectivity index (χ0n) is 11.9. The summed E-state index contributed by atoms with van der Waals surface area (Å²) in [6, 6.07) is 6.33. The number of hydrogen-bond donors (Lipinski definition) is 1. The van der Waals surface area contributed by atoms with Crippen molar-refractivity contribution in [3.05, 3.63) is 33.8 Å². The highest BCUT2D eigenvalue weighted by atomic mass is 79.9. The smallest absolute Gasteiger partial charge is 0.248 e. The molecule has 4 heteroatoms. The highest BCUT2D eigenvalue weighted by molar-refractivity contribution is 9.10. The normalized spacial score (nSPS) is 19.2. The maximum absolute atomic E-state index is 13.0. The highest BCUT2D eigenvalue weighted by Gasteiger charge is 2.34. The molecule has 0 saturated heterocycles. The van der Waals surface area contributed by atoms with Crippen molar-refractivity contribution in [1.82, 2.24) is 5.32 Å². The first kappa shape index (κ1) is 15.9. The Hall–Kier alpha value is -0.480. The maximum Gasteiger partial charge on any atom is 0.248 e. The summed E-state index contributed by atoms with van der Waals surface area (Å²) in [6.45, 7) is 3.83. The van der Waals surface area contributed by atoms with Crippen LogP contribution >= 0.6 is 15.9 Å². The molecule has 1 fully saturated rings. The Bertz CT molecular complexity index is 438. The fourth-order valence-electron chi connectivity index (χ4n) is 2.74. The predicted octanol–water partition coefficient (Wildman–Crippen LogP) is 5.06. The fraction of sp³-hybridized carbons (Fsp3) is 0.625. The van der Waals surface area contributed by atoms with Crippen LogP contribution in [0.15, 0.2) is 22.7 Å². The van der Waals surface area contributed by atoms with Gasteiger partial charge in [0.1, 0.15) is 0 Å². The van der Waals surface area contributed by atoms with Gasteiger partial charge < -0.3 is 5.32 Å². The third kappa shape index (κ3) is 4.81. The van der Waals surface area contributed by atoms with E-state index in [4.69, 9.17) is 0 Å². The topological polar surface area (TPSA) is 12.0 Å². The van der Waals surface area contributed by atoms with E-state index in [1.165, 1.54) is 11.1 Å². The Kier molecular flexibility index (Phi) is 5.56. The molecule has 1 aliphatic rings. The lowest BCUT2D eigenvalue weighted by atomic mass is 9.85. The van der Waals surface area contributed by atoms with E-state index in [2.05, 4.69) is 46.4 Å². The number of nitrogens with one attached hydrogen (secondary N) is 1. The van der Waals surface area contributed by atoms with Crippen molar-refractivity contribution in [2.24, 2.45) is 5.92 Å². The van der Waals surface area contributed by atoms with Crippen LogP contribution in [0.2, 0.25) is 0 Å². The Morgan fingerprint density at radius 1 is 1.30 bits per heavy atom. The number of alkyl halides is 2. The van der Waals surface area contributed by atoms with Gasteiger partial charge in [0.25, 0.3) is 0 Å². The van der Waals surface area contributed by atoms with E-state index in [1.807, 2.05) is 0 Å². The molecule has 112 valence electrons. The van der Waals surface area contributed by atoms with Gasteiger partial charge in [0.05, 0.1) is 0 Å². The van der Waals surface area contributed by atoms with Gasteiger partial charge in [-0.05, 0) is 55.8 Å². The summed E-state index contributed by atoms with van der Waals surface area (Å²) in [5.41, 5.74) is 2.50. The second kappa shape index (κ2) is 6.99. The van der Waals surface area contributed by atoms with E-state index >= 15 is 0 Å². The molecule has 0 radical (unpaired) electrons. The van der Waals surface area contributed by atoms with Crippen molar-refractivity contribution in [1.29, 1.82) is 0 Å². The molecule has 0 atom stereocenters. The summed E-state index contributed by atoms with van der Waals surface area (Å²) >= 11 is 3.49. The number of halogens is 3. The summed E-state index contributed by atoms with van der Waals surface area (Å²) in [5, 5.41) is 3.41. The van der Waals surface area contributed by atoms with Crippen LogP contribution in [0.3, 0.4) is 0 Å².